The Morgan fingerprint density at radius 1 is 0.931 bits per heavy atom. The molecule has 150 valence electrons. The molecule has 0 aliphatic carbocycles. The van der Waals surface area contributed by atoms with Gasteiger partial charge in [-0.2, -0.15) is 0 Å². The summed E-state index contributed by atoms with van der Waals surface area (Å²) in [5.74, 6) is 6.33. The minimum atomic E-state index is -0.454. The molecule has 2 heterocycles. The summed E-state index contributed by atoms with van der Waals surface area (Å²) in [6.07, 6.45) is 3.36. The second-order valence-electron chi connectivity index (χ2n) is 8.27. The number of rotatable bonds is 2. The standard InChI is InChI=1S/C23H28BN3O2/c1-22(2)23(3,4)29-24(28-22)19-8-7-9-20(26-17-25-16-19)13-10-18-11-14-21(15-12-18)27(5)6/h7-9,11-12,14-17H,1-6H3,(H,25,26). The summed E-state index contributed by atoms with van der Waals surface area (Å²) in [5.41, 5.74) is 2.93. The highest BCUT2D eigenvalue weighted by atomic mass is 16.7. The third kappa shape index (κ3) is 5.00. The summed E-state index contributed by atoms with van der Waals surface area (Å²) in [6.45, 7) is 8.15. The van der Waals surface area contributed by atoms with E-state index in [1.165, 1.54) is 0 Å². The summed E-state index contributed by atoms with van der Waals surface area (Å²) >= 11 is 0. The van der Waals surface area contributed by atoms with Gasteiger partial charge in [0.25, 0.3) is 0 Å². The van der Waals surface area contributed by atoms with Crippen molar-refractivity contribution in [3.05, 3.63) is 66.2 Å². The first-order valence-electron chi connectivity index (χ1n) is 9.70. The molecule has 0 bridgehead atoms. The van der Waals surface area contributed by atoms with Gasteiger partial charge < -0.3 is 19.2 Å². The predicted molar refractivity (Wildman–Crippen MR) is 119 cm³/mol. The molecule has 6 heteroatoms. The molecule has 1 aromatic carbocycles. The van der Waals surface area contributed by atoms with Gasteiger partial charge in [-0.15, -0.1) is 0 Å². The molecule has 1 saturated heterocycles. The highest BCUT2D eigenvalue weighted by Crippen LogP contribution is 2.36. The third-order valence-corrected chi connectivity index (χ3v) is 5.32. The number of benzene rings is 1. The quantitative estimate of drug-likeness (QED) is 0.633. The lowest BCUT2D eigenvalue weighted by atomic mass is 9.81. The fraction of sp³-hybridized carbons (Fsp3) is 0.348. The molecule has 29 heavy (non-hydrogen) atoms. The van der Waals surface area contributed by atoms with E-state index in [1.54, 1.807) is 12.5 Å². The van der Waals surface area contributed by atoms with Gasteiger partial charge in [-0.1, -0.05) is 18.1 Å². The highest BCUT2D eigenvalue weighted by Gasteiger charge is 2.51. The van der Waals surface area contributed by atoms with Crippen LogP contribution in [0, 0.1) is 11.8 Å². The first-order valence-corrected chi connectivity index (χ1v) is 9.70. The molecule has 5 nitrogen and oxygen atoms in total. The number of nitrogens with one attached hydrogen (secondary N) is 1. The molecular formula is C23H28BN3O2. The zero-order chi connectivity index (χ0) is 21.1. The van der Waals surface area contributed by atoms with Crippen LogP contribution in [0.15, 0.2) is 55.0 Å². The van der Waals surface area contributed by atoms with Gasteiger partial charge >= 0.3 is 7.12 Å². The molecule has 0 radical (unpaired) electrons. The molecule has 1 N–H and O–H groups in total. The van der Waals surface area contributed by atoms with Crippen molar-refractivity contribution in [1.82, 2.24) is 9.97 Å². The minimum Gasteiger partial charge on any atom is -0.399 e. The average molecular weight is 389 g/mol. The average Bonchev–Trinajstić information content (AvgIpc) is 2.95. The van der Waals surface area contributed by atoms with Crippen LogP contribution in [0.5, 0.6) is 0 Å². The molecule has 0 amide bonds. The van der Waals surface area contributed by atoms with Crippen LogP contribution in [-0.2, 0) is 9.31 Å². The molecule has 0 spiro atoms. The van der Waals surface area contributed by atoms with Gasteiger partial charge in [0, 0.05) is 37.0 Å². The summed E-state index contributed by atoms with van der Waals surface area (Å²) in [4.78, 5) is 9.50. The van der Waals surface area contributed by atoms with Crippen LogP contribution in [0.25, 0.3) is 0 Å². The van der Waals surface area contributed by atoms with Crippen molar-refractivity contribution >= 4 is 18.3 Å². The molecule has 0 atom stereocenters. The smallest absolute Gasteiger partial charge is 0.399 e. The SMILES string of the molecule is CN(C)c1ccc(C#Cc2cccc(B3OC(C)(C)C(C)(C)O3)cnc[nH]2)cc1. The Morgan fingerprint density at radius 2 is 1.59 bits per heavy atom. The van der Waals surface area contributed by atoms with Crippen LogP contribution >= 0.6 is 0 Å². The molecule has 1 fully saturated rings. The van der Waals surface area contributed by atoms with E-state index in [4.69, 9.17) is 9.31 Å². The number of hydrogen-bond donors (Lipinski definition) is 1. The van der Waals surface area contributed by atoms with Crippen LogP contribution in [0.1, 0.15) is 39.0 Å². The molecule has 0 unspecified atom stereocenters. The monoisotopic (exact) mass is 389 g/mol. The molecule has 0 saturated carbocycles. The van der Waals surface area contributed by atoms with Crippen molar-refractivity contribution in [2.24, 2.45) is 0 Å². The van der Waals surface area contributed by atoms with Crippen LogP contribution in [-0.4, -0.2) is 42.4 Å². The number of H-pyrrole nitrogens is 1. The molecule has 1 aromatic heterocycles. The first kappa shape index (κ1) is 21.0. The van der Waals surface area contributed by atoms with Gasteiger partial charge in [0.15, 0.2) is 0 Å². The van der Waals surface area contributed by atoms with Crippen molar-refractivity contribution in [3.63, 3.8) is 0 Å². The van der Waals surface area contributed by atoms with E-state index in [1.807, 2.05) is 72.1 Å². The van der Waals surface area contributed by atoms with Crippen LogP contribution in [0.3, 0.4) is 0 Å². The predicted octanol–water partition coefficient (Wildman–Crippen LogP) is 3.30. The largest absolute Gasteiger partial charge is 0.496 e. The van der Waals surface area contributed by atoms with Crippen LogP contribution < -0.4 is 10.4 Å². The van der Waals surface area contributed by atoms with E-state index >= 15 is 0 Å². The maximum absolute atomic E-state index is 6.11. The van der Waals surface area contributed by atoms with E-state index in [0.717, 1.165) is 22.4 Å². The van der Waals surface area contributed by atoms with Gasteiger partial charge in [0.05, 0.1) is 23.2 Å². The zero-order valence-electron chi connectivity index (χ0n) is 18.0. The molecule has 1 aliphatic rings. The van der Waals surface area contributed by atoms with Gasteiger partial charge in [0.1, 0.15) is 0 Å². The second-order valence-corrected chi connectivity index (χ2v) is 8.27. The van der Waals surface area contributed by atoms with Crippen molar-refractivity contribution in [3.8, 4) is 11.8 Å². The Bertz CT molecular complexity index is 951. The summed E-state index contributed by atoms with van der Waals surface area (Å²) in [7, 11) is 3.58. The van der Waals surface area contributed by atoms with Gasteiger partial charge in [0.2, 0.25) is 0 Å². The highest BCUT2D eigenvalue weighted by molar-refractivity contribution is 6.61. The lowest BCUT2D eigenvalue weighted by Gasteiger charge is -2.32. The minimum absolute atomic E-state index is 0.388. The van der Waals surface area contributed by atoms with Crippen molar-refractivity contribution < 1.29 is 9.31 Å². The summed E-state index contributed by atoms with van der Waals surface area (Å²) < 4.78 is 12.2. The molecule has 3 rings (SSSR count). The number of anilines is 1. The third-order valence-electron chi connectivity index (χ3n) is 5.32. The maximum atomic E-state index is 6.11. The van der Waals surface area contributed by atoms with Crippen molar-refractivity contribution in [2.45, 2.75) is 38.9 Å². The Morgan fingerprint density at radius 3 is 2.21 bits per heavy atom. The normalized spacial score (nSPS) is 16.6. The van der Waals surface area contributed by atoms with Gasteiger partial charge in [-0.05, 0) is 63.9 Å². The Balaban J connectivity index is 1.82. The van der Waals surface area contributed by atoms with Crippen LogP contribution in [0.2, 0.25) is 0 Å². The topological polar surface area (TPSA) is 50.4 Å². The maximum Gasteiger partial charge on any atom is 0.496 e. The van der Waals surface area contributed by atoms with E-state index < -0.39 is 7.12 Å². The Kier molecular flexibility index (Phi) is 6.02. The van der Waals surface area contributed by atoms with Crippen molar-refractivity contribution in [2.75, 3.05) is 19.0 Å². The molecule has 2 aromatic rings. The number of aromatic nitrogens is 2. The van der Waals surface area contributed by atoms with E-state index in [9.17, 15) is 0 Å². The van der Waals surface area contributed by atoms with E-state index in [-0.39, 0.29) is 11.2 Å². The van der Waals surface area contributed by atoms with E-state index in [2.05, 4.69) is 38.8 Å². The number of aromatic amines is 1. The Hall–Kier alpha value is -2.75. The lowest BCUT2D eigenvalue weighted by Crippen LogP contribution is -2.41. The number of hydrogen-bond acceptors (Lipinski definition) is 4. The number of nitrogens with zero attached hydrogens (tertiary/aromatic N) is 2. The first-order chi connectivity index (χ1) is 13.7. The fourth-order valence-corrected chi connectivity index (χ4v) is 2.76. The zero-order valence-corrected chi connectivity index (χ0v) is 18.0. The molecular weight excluding hydrogens is 361 g/mol. The van der Waals surface area contributed by atoms with Crippen molar-refractivity contribution in [1.29, 1.82) is 0 Å². The molecule has 1 aliphatic heterocycles. The van der Waals surface area contributed by atoms with Crippen LogP contribution in [0.4, 0.5) is 5.69 Å². The fourth-order valence-electron chi connectivity index (χ4n) is 2.76. The van der Waals surface area contributed by atoms with Gasteiger partial charge in [-0.3, -0.25) is 0 Å². The second kappa shape index (κ2) is 8.32. The lowest BCUT2D eigenvalue weighted by molar-refractivity contribution is 0.00578. The summed E-state index contributed by atoms with van der Waals surface area (Å²) in [5, 5.41) is 0. The Labute approximate surface area is 173 Å². The van der Waals surface area contributed by atoms with Gasteiger partial charge in [-0.25, -0.2) is 4.98 Å². The van der Waals surface area contributed by atoms with E-state index in [0.29, 0.717) is 0 Å². The summed E-state index contributed by atoms with van der Waals surface area (Å²) in [6, 6.07) is 13.9.